The molecule has 2 aliphatic carbocycles. The van der Waals surface area contributed by atoms with Crippen molar-refractivity contribution >= 4 is 5.57 Å². The molecule has 0 spiro atoms. The second kappa shape index (κ2) is 10.3. The molecule has 4 rings (SSSR count). The Balaban J connectivity index is 1.58. The summed E-state index contributed by atoms with van der Waals surface area (Å²) in [5.41, 5.74) is 0.528. The van der Waals surface area contributed by atoms with E-state index in [4.69, 9.17) is 4.74 Å². The quantitative estimate of drug-likeness (QED) is 0.269. The van der Waals surface area contributed by atoms with Crippen molar-refractivity contribution in [3.63, 3.8) is 0 Å². The summed E-state index contributed by atoms with van der Waals surface area (Å²) in [5, 5.41) is 0. The molecule has 3 unspecified atom stereocenters. The van der Waals surface area contributed by atoms with Crippen LogP contribution < -0.4 is 4.74 Å². The molecule has 0 aromatic heterocycles. The van der Waals surface area contributed by atoms with Crippen molar-refractivity contribution in [1.29, 1.82) is 0 Å². The van der Waals surface area contributed by atoms with Crippen molar-refractivity contribution in [2.24, 2.45) is 17.8 Å². The highest BCUT2D eigenvalue weighted by molar-refractivity contribution is 5.74. The van der Waals surface area contributed by atoms with E-state index in [0.29, 0.717) is 18.3 Å². The Morgan fingerprint density at radius 3 is 2.18 bits per heavy atom. The summed E-state index contributed by atoms with van der Waals surface area (Å²) < 4.78 is 64.6. The maximum Gasteiger partial charge on any atom is 0.201 e. The zero-order valence-corrected chi connectivity index (χ0v) is 19.4. The third-order valence-corrected chi connectivity index (χ3v) is 7.35. The van der Waals surface area contributed by atoms with E-state index in [1.165, 1.54) is 49.9 Å². The van der Waals surface area contributed by atoms with Crippen molar-refractivity contribution in [3.8, 4) is 16.9 Å². The van der Waals surface area contributed by atoms with Crippen LogP contribution in [0.4, 0.5) is 17.6 Å². The first-order valence-corrected chi connectivity index (χ1v) is 12.3. The van der Waals surface area contributed by atoms with E-state index in [0.717, 1.165) is 24.8 Å². The van der Waals surface area contributed by atoms with E-state index in [2.05, 4.69) is 13.0 Å². The zero-order valence-electron chi connectivity index (χ0n) is 19.4. The number of benzene rings is 2. The van der Waals surface area contributed by atoms with E-state index in [1.54, 1.807) is 0 Å². The first-order valence-electron chi connectivity index (χ1n) is 12.3. The lowest BCUT2D eigenvalue weighted by atomic mass is 9.84. The second-order valence-corrected chi connectivity index (χ2v) is 9.38. The summed E-state index contributed by atoms with van der Waals surface area (Å²) in [5.74, 6) is -3.39. The van der Waals surface area contributed by atoms with Gasteiger partial charge in [0.25, 0.3) is 0 Å². The Morgan fingerprint density at radius 2 is 1.45 bits per heavy atom. The predicted molar refractivity (Wildman–Crippen MR) is 124 cm³/mol. The fourth-order valence-corrected chi connectivity index (χ4v) is 5.68. The smallest absolute Gasteiger partial charge is 0.201 e. The fourth-order valence-electron chi connectivity index (χ4n) is 5.68. The first-order chi connectivity index (χ1) is 16.0. The van der Waals surface area contributed by atoms with Gasteiger partial charge in [-0.25, -0.2) is 13.2 Å². The number of fused-ring (bicyclic) bond motifs is 1. The molecular formula is C28H32F4O. The van der Waals surface area contributed by atoms with E-state index >= 15 is 8.78 Å². The van der Waals surface area contributed by atoms with Gasteiger partial charge in [-0.2, -0.15) is 4.39 Å². The molecule has 0 amide bonds. The van der Waals surface area contributed by atoms with Crippen LogP contribution in [0.1, 0.15) is 70.8 Å². The minimum Gasteiger partial charge on any atom is -0.490 e. The van der Waals surface area contributed by atoms with Gasteiger partial charge in [0.2, 0.25) is 5.82 Å². The third-order valence-electron chi connectivity index (χ3n) is 7.35. The fraction of sp³-hybridized carbons (Fsp3) is 0.500. The van der Waals surface area contributed by atoms with Crippen LogP contribution >= 0.6 is 0 Å². The molecule has 2 aliphatic rings. The van der Waals surface area contributed by atoms with Gasteiger partial charge < -0.3 is 4.74 Å². The van der Waals surface area contributed by atoms with Crippen molar-refractivity contribution < 1.29 is 22.3 Å². The predicted octanol–water partition coefficient (Wildman–Crippen LogP) is 8.71. The van der Waals surface area contributed by atoms with Crippen LogP contribution in [0.5, 0.6) is 5.75 Å². The number of hydrogen-bond acceptors (Lipinski definition) is 1. The molecule has 2 aromatic rings. The standard InChI is InChI=1S/C28H32F4O/c1-3-5-6-7-17-8-9-19-18(17)10-11-20(19)21-12-13-22(26(30)25(21)29)23-14-15-24(33-16-4-2)28(32)27(23)31/h11-15,17-19H,3-10,16H2,1-2H3. The normalized spacial score (nSPS) is 21.9. The van der Waals surface area contributed by atoms with Gasteiger partial charge in [-0.1, -0.05) is 57.7 Å². The molecule has 33 heavy (non-hydrogen) atoms. The Morgan fingerprint density at radius 1 is 0.788 bits per heavy atom. The minimum atomic E-state index is -1.24. The van der Waals surface area contributed by atoms with Crippen molar-refractivity contribution in [2.75, 3.05) is 6.61 Å². The lowest BCUT2D eigenvalue weighted by molar-refractivity contribution is 0.295. The number of allylic oxidation sites excluding steroid dienone is 2. The topological polar surface area (TPSA) is 9.23 Å². The van der Waals surface area contributed by atoms with Gasteiger partial charge in [-0.15, -0.1) is 0 Å². The highest BCUT2D eigenvalue weighted by Crippen LogP contribution is 2.53. The van der Waals surface area contributed by atoms with Crippen LogP contribution in [0.2, 0.25) is 0 Å². The van der Waals surface area contributed by atoms with Gasteiger partial charge >= 0.3 is 0 Å². The average Bonchev–Trinajstić information content (AvgIpc) is 3.40. The Bertz CT molecular complexity index is 1030. The second-order valence-electron chi connectivity index (χ2n) is 9.38. The molecule has 0 aliphatic heterocycles. The largest absolute Gasteiger partial charge is 0.490 e. The number of unbranched alkanes of at least 4 members (excludes halogenated alkanes) is 2. The molecule has 0 N–H and O–H groups in total. The molecule has 3 atom stereocenters. The summed E-state index contributed by atoms with van der Waals surface area (Å²) in [6, 6.07) is 5.38. The van der Waals surface area contributed by atoms with Crippen LogP contribution in [0.15, 0.2) is 30.3 Å². The van der Waals surface area contributed by atoms with Crippen LogP contribution in [-0.4, -0.2) is 6.61 Å². The molecule has 0 bridgehead atoms. The average molecular weight is 461 g/mol. The van der Waals surface area contributed by atoms with Crippen LogP contribution in [0, 0.1) is 41.0 Å². The van der Waals surface area contributed by atoms with E-state index < -0.39 is 23.3 Å². The van der Waals surface area contributed by atoms with E-state index in [9.17, 15) is 8.78 Å². The molecule has 1 nitrogen and oxygen atoms in total. The molecule has 0 radical (unpaired) electrons. The zero-order chi connectivity index (χ0) is 23.5. The number of halogens is 4. The van der Waals surface area contributed by atoms with E-state index in [1.807, 2.05) is 6.92 Å². The Hall–Kier alpha value is -2.30. The number of hydrogen-bond donors (Lipinski definition) is 0. The molecule has 1 saturated carbocycles. The van der Waals surface area contributed by atoms with Gasteiger partial charge in [0.15, 0.2) is 23.2 Å². The van der Waals surface area contributed by atoms with Crippen LogP contribution in [0.3, 0.4) is 0 Å². The summed E-state index contributed by atoms with van der Waals surface area (Å²) in [6.45, 7) is 4.29. The third kappa shape index (κ3) is 4.56. The van der Waals surface area contributed by atoms with Crippen molar-refractivity contribution in [2.45, 2.75) is 65.2 Å². The summed E-state index contributed by atoms with van der Waals surface area (Å²) >= 11 is 0. The van der Waals surface area contributed by atoms with Crippen molar-refractivity contribution in [3.05, 3.63) is 59.2 Å². The summed E-state index contributed by atoms with van der Waals surface area (Å²) in [6.07, 6.45) is 10.6. The van der Waals surface area contributed by atoms with Gasteiger partial charge in [0, 0.05) is 16.7 Å². The molecule has 0 heterocycles. The molecule has 5 heteroatoms. The van der Waals surface area contributed by atoms with Gasteiger partial charge in [-0.05, 0) is 61.1 Å². The SMILES string of the molecule is CCCCCC1CCC2C(c3ccc(-c4ccc(OCCC)c(F)c4F)c(F)c3F)=CCC12. The molecule has 2 aromatic carbocycles. The number of rotatable bonds is 9. The summed E-state index contributed by atoms with van der Waals surface area (Å²) in [7, 11) is 0. The highest BCUT2D eigenvalue weighted by atomic mass is 19.2. The minimum absolute atomic E-state index is 0.229. The molecule has 0 saturated heterocycles. The van der Waals surface area contributed by atoms with Gasteiger partial charge in [0.05, 0.1) is 6.61 Å². The Labute approximate surface area is 193 Å². The number of ether oxygens (including phenoxy) is 1. The van der Waals surface area contributed by atoms with Crippen molar-refractivity contribution in [1.82, 2.24) is 0 Å². The van der Waals surface area contributed by atoms with Crippen LogP contribution in [-0.2, 0) is 0 Å². The lowest BCUT2D eigenvalue weighted by Crippen LogP contribution is -2.12. The lowest BCUT2D eigenvalue weighted by Gasteiger charge is -2.20. The highest BCUT2D eigenvalue weighted by Gasteiger charge is 2.41. The van der Waals surface area contributed by atoms with Gasteiger partial charge in [-0.3, -0.25) is 0 Å². The molecule has 178 valence electrons. The monoisotopic (exact) mass is 460 g/mol. The first kappa shape index (κ1) is 23.8. The molecular weight excluding hydrogens is 428 g/mol. The maximum absolute atomic E-state index is 15.2. The van der Waals surface area contributed by atoms with Crippen LogP contribution in [0.25, 0.3) is 16.7 Å². The Kier molecular flexibility index (Phi) is 7.45. The molecule has 1 fully saturated rings. The van der Waals surface area contributed by atoms with E-state index in [-0.39, 0.29) is 35.0 Å². The summed E-state index contributed by atoms with van der Waals surface area (Å²) in [4.78, 5) is 0. The maximum atomic E-state index is 15.2. The van der Waals surface area contributed by atoms with Gasteiger partial charge in [0.1, 0.15) is 0 Å².